The molecule has 0 amide bonds. The first kappa shape index (κ1) is 12.5. The van der Waals surface area contributed by atoms with Gasteiger partial charge in [-0.3, -0.25) is 0 Å². The summed E-state index contributed by atoms with van der Waals surface area (Å²) in [5.41, 5.74) is 1.09. The average molecular weight is 271 g/mol. The van der Waals surface area contributed by atoms with Crippen molar-refractivity contribution in [2.45, 2.75) is 39.7 Å². The van der Waals surface area contributed by atoms with Crippen LogP contribution in [-0.2, 0) is 0 Å². The van der Waals surface area contributed by atoms with Crippen molar-refractivity contribution in [3.8, 4) is 0 Å². The van der Waals surface area contributed by atoms with E-state index in [0.29, 0.717) is 6.04 Å². The SMILES string of the molecule is CC(C)CCC(C)Nc1ccc(Br)nc1. The Morgan fingerprint density at radius 3 is 2.53 bits per heavy atom. The number of anilines is 1. The normalized spacial score (nSPS) is 12.9. The fourth-order valence-electron chi connectivity index (χ4n) is 1.40. The van der Waals surface area contributed by atoms with Crippen molar-refractivity contribution < 1.29 is 0 Å². The van der Waals surface area contributed by atoms with Crippen molar-refractivity contribution in [2.75, 3.05) is 5.32 Å². The standard InChI is InChI=1S/C12H19BrN2/c1-9(2)4-5-10(3)15-11-6-7-12(13)14-8-11/h6-10,15H,4-5H2,1-3H3. The molecular weight excluding hydrogens is 252 g/mol. The summed E-state index contributed by atoms with van der Waals surface area (Å²) in [6.45, 7) is 6.73. The van der Waals surface area contributed by atoms with Gasteiger partial charge < -0.3 is 5.32 Å². The molecule has 0 fully saturated rings. The molecule has 1 aromatic heterocycles. The van der Waals surface area contributed by atoms with Crippen LogP contribution in [0.3, 0.4) is 0 Å². The smallest absolute Gasteiger partial charge is 0.106 e. The second-order valence-electron chi connectivity index (χ2n) is 4.39. The molecule has 1 atom stereocenters. The second-order valence-corrected chi connectivity index (χ2v) is 5.20. The molecule has 1 aromatic rings. The zero-order valence-electron chi connectivity index (χ0n) is 9.63. The maximum absolute atomic E-state index is 4.18. The predicted octanol–water partition coefficient (Wildman–Crippen LogP) is 4.08. The van der Waals surface area contributed by atoms with E-state index in [4.69, 9.17) is 0 Å². The van der Waals surface area contributed by atoms with Crippen molar-refractivity contribution in [2.24, 2.45) is 5.92 Å². The monoisotopic (exact) mass is 270 g/mol. The van der Waals surface area contributed by atoms with E-state index in [9.17, 15) is 0 Å². The molecule has 0 saturated heterocycles. The summed E-state index contributed by atoms with van der Waals surface area (Å²) in [6.07, 6.45) is 4.32. The summed E-state index contributed by atoms with van der Waals surface area (Å²) in [5.74, 6) is 0.775. The number of hydrogen-bond donors (Lipinski definition) is 1. The fourth-order valence-corrected chi connectivity index (χ4v) is 1.64. The van der Waals surface area contributed by atoms with Crippen molar-refractivity contribution in [3.05, 3.63) is 22.9 Å². The van der Waals surface area contributed by atoms with Crippen LogP contribution < -0.4 is 5.32 Å². The van der Waals surface area contributed by atoms with Crippen LogP contribution in [0.15, 0.2) is 22.9 Å². The molecular formula is C12H19BrN2. The van der Waals surface area contributed by atoms with Crippen LogP contribution in [0.5, 0.6) is 0 Å². The predicted molar refractivity (Wildman–Crippen MR) is 69.1 cm³/mol. The van der Waals surface area contributed by atoms with Crippen molar-refractivity contribution in [1.29, 1.82) is 0 Å². The van der Waals surface area contributed by atoms with E-state index >= 15 is 0 Å². The van der Waals surface area contributed by atoms with Crippen LogP contribution in [0.2, 0.25) is 0 Å². The first-order valence-corrected chi connectivity index (χ1v) is 6.25. The molecule has 0 spiro atoms. The largest absolute Gasteiger partial charge is 0.381 e. The maximum atomic E-state index is 4.18. The summed E-state index contributed by atoms with van der Waals surface area (Å²) in [7, 11) is 0. The number of rotatable bonds is 5. The average Bonchev–Trinajstić information content (AvgIpc) is 2.19. The van der Waals surface area contributed by atoms with E-state index in [1.807, 2.05) is 18.3 Å². The third-order valence-corrected chi connectivity index (χ3v) is 2.79. The summed E-state index contributed by atoms with van der Waals surface area (Å²) in [5, 5.41) is 3.44. The number of nitrogens with one attached hydrogen (secondary N) is 1. The highest BCUT2D eigenvalue weighted by atomic mass is 79.9. The van der Waals surface area contributed by atoms with Gasteiger partial charge in [0.25, 0.3) is 0 Å². The topological polar surface area (TPSA) is 24.9 Å². The van der Waals surface area contributed by atoms with Gasteiger partial charge in [0.15, 0.2) is 0 Å². The van der Waals surface area contributed by atoms with Crippen molar-refractivity contribution in [3.63, 3.8) is 0 Å². The minimum atomic E-state index is 0.510. The Morgan fingerprint density at radius 2 is 2.00 bits per heavy atom. The quantitative estimate of drug-likeness (QED) is 0.816. The minimum absolute atomic E-state index is 0.510. The first-order chi connectivity index (χ1) is 7.08. The van der Waals surface area contributed by atoms with Crippen molar-refractivity contribution >= 4 is 21.6 Å². The molecule has 15 heavy (non-hydrogen) atoms. The van der Waals surface area contributed by atoms with Gasteiger partial charge in [-0.25, -0.2) is 4.98 Å². The van der Waals surface area contributed by atoms with Crippen LogP contribution in [0, 0.1) is 5.92 Å². The van der Waals surface area contributed by atoms with Gasteiger partial charge in [0.2, 0.25) is 0 Å². The summed E-state index contributed by atoms with van der Waals surface area (Å²) >= 11 is 3.32. The Hall–Kier alpha value is -0.570. The van der Waals surface area contributed by atoms with E-state index in [-0.39, 0.29) is 0 Å². The lowest BCUT2D eigenvalue weighted by Gasteiger charge is -2.15. The second kappa shape index (κ2) is 6.11. The molecule has 1 heterocycles. The Bertz CT molecular complexity index is 282. The Labute approximate surface area is 101 Å². The molecule has 0 radical (unpaired) electrons. The summed E-state index contributed by atoms with van der Waals surface area (Å²) in [6, 6.07) is 4.51. The van der Waals surface area contributed by atoms with Gasteiger partial charge in [-0.1, -0.05) is 13.8 Å². The van der Waals surface area contributed by atoms with E-state index in [0.717, 1.165) is 16.2 Å². The van der Waals surface area contributed by atoms with Gasteiger partial charge in [-0.05, 0) is 53.7 Å². The fraction of sp³-hybridized carbons (Fsp3) is 0.583. The highest BCUT2D eigenvalue weighted by Gasteiger charge is 2.03. The third-order valence-electron chi connectivity index (χ3n) is 2.32. The van der Waals surface area contributed by atoms with Crippen LogP contribution in [-0.4, -0.2) is 11.0 Å². The van der Waals surface area contributed by atoms with E-state index < -0.39 is 0 Å². The molecule has 0 aromatic carbocycles. The number of aromatic nitrogens is 1. The van der Waals surface area contributed by atoms with Crippen LogP contribution in [0.25, 0.3) is 0 Å². The van der Waals surface area contributed by atoms with Crippen LogP contribution >= 0.6 is 15.9 Å². The first-order valence-electron chi connectivity index (χ1n) is 5.46. The lowest BCUT2D eigenvalue weighted by atomic mass is 10.0. The van der Waals surface area contributed by atoms with Gasteiger partial charge in [-0.15, -0.1) is 0 Å². The van der Waals surface area contributed by atoms with E-state index in [1.54, 1.807) is 0 Å². The number of hydrogen-bond acceptors (Lipinski definition) is 2. The summed E-state index contributed by atoms with van der Waals surface area (Å²) < 4.78 is 0.878. The highest BCUT2D eigenvalue weighted by Crippen LogP contribution is 2.14. The molecule has 1 N–H and O–H groups in total. The molecule has 0 bridgehead atoms. The third kappa shape index (κ3) is 5.17. The molecule has 0 aliphatic carbocycles. The lowest BCUT2D eigenvalue weighted by Crippen LogP contribution is -2.15. The minimum Gasteiger partial charge on any atom is -0.381 e. The van der Waals surface area contributed by atoms with Gasteiger partial charge in [0.05, 0.1) is 11.9 Å². The van der Waals surface area contributed by atoms with Gasteiger partial charge >= 0.3 is 0 Å². The van der Waals surface area contributed by atoms with Gasteiger partial charge in [0, 0.05) is 6.04 Å². The van der Waals surface area contributed by atoms with Gasteiger partial charge in [0.1, 0.15) is 4.60 Å². The van der Waals surface area contributed by atoms with Crippen LogP contribution in [0.4, 0.5) is 5.69 Å². The van der Waals surface area contributed by atoms with Gasteiger partial charge in [-0.2, -0.15) is 0 Å². The molecule has 1 rings (SSSR count). The molecule has 1 unspecified atom stereocenters. The molecule has 0 saturated carbocycles. The Balaban J connectivity index is 2.37. The molecule has 0 aliphatic rings. The zero-order chi connectivity index (χ0) is 11.3. The maximum Gasteiger partial charge on any atom is 0.106 e. The summed E-state index contributed by atoms with van der Waals surface area (Å²) in [4.78, 5) is 4.18. The number of pyridine rings is 1. The number of nitrogens with zero attached hydrogens (tertiary/aromatic N) is 1. The van der Waals surface area contributed by atoms with Crippen LogP contribution in [0.1, 0.15) is 33.6 Å². The molecule has 2 nitrogen and oxygen atoms in total. The number of halogens is 1. The van der Waals surface area contributed by atoms with Crippen molar-refractivity contribution in [1.82, 2.24) is 4.98 Å². The molecule has 3 heteroatoms. The zero-order valence-corrected chi connectivity index (χ0v) is 11.2. The Kier molecular flexibility index (Phi) is 5.09. The highest BCUT2D eigenvalue weighted by molar-refractivity contribution is 9.10. The van der Waals surface area contributed by atoms with E-state index in [2.05, 4.69) is 47.0 Å². The van der Waals surface area contributed by atoms with E-state index in [1.165, 1.54) is 12.8 Å². The molecule has 84 valence electrons. The lowest BCUT2D eigenvalue weighted by molar-refractivity contribution is 0.527. The molecule has 0 aliphatic heterocycles. The Morgan fingerprint density at radius 1 is 1.27 bits per heavy atom.